The number of carbonyl (C=O) groups excluding carboxylic acids is 3. The van der Waals surface area contributed by atoms with Gasteiger partial charge in [0.1, 0.15) is 11.5 Å². The molecule has 0 radical (unpaired) electrons. The number of carboxylic acids is 2. The lowest BCUT2D eigenvalue weighted by atomic mass is 9.51. The molecule has 0 spiro atoms. The predicted octanol–water partition coefficient (Wildman–Crippen LogP) is 5.11. The number of hydrogen-bond acceptors (Lipinski definition) is 8. The minimum atomic E-state index is -1.39. The van der Waals surface area contributed by atoms with Crippen LogP contribution in [0.15, 0.2) is 54.6 Å². The predicted molar refractivity (Wildman–Crippen MR) is 163 cm³/mol. The van der Waals surface area contributed by atoms with E-state index in [-0.39, 0.29) is 31.2 Å². The van der Waals surface area contributed by atoms with E-state index in [1.807, 2.05) is 37.3 Å². The topological polar surface area (TPSA) is 166 Å². The van der Waals surface area contributed by atoms with Crippen molar-refractivity contribution in [1.29, 1.82) is 0 Å². The lowest BCUT2D eigenvalue weighted by Crippen LogP contribution is -2.63. The average molecular weight is 636 g/mol. The van der Waals surface area contributed by atoms with Crippen molar-refractivity contribution in [1.82, 2.24) is 5.32 Å². The molecule has 3 fully saturated rings. The molecule has 2 aromatic carbocycles. The Labute approximate surface area is 267 Å². The summed E-state index contributed by atoms with van der Waals surface area (Å²) in [5.41, 5.74) is -0.584. The Bertz CT molecular complexity index is 1420. The zero-order valence-corrected chi connectivity index (χ0v) is 25.9. The van der Waals surface area contributed by atoms with E-state index in [0.717, 1.165) is 18.4 Å². The number of ether oxygens (including phenoxy) is 3. The highest BCUT2D eigenvalue weighted by atomic mass is 16.6. The van der Waals surface area contributed by atoms with Gasteiger partial charge in [0.05, 0.1) is 17.3 Å². The number of amides is 1. The summed E-state index contributed by atoms with van der Waals surface area (Å²) in [6.45, 7) is 1.98. The second-order valence-electron chi connectivity index (χ2n) is 12.7. The highest BCUT2D eigenvalue weighted by molar-refractivity contribution is 5.96. The molecular formula is C35H41NO10. The summed E-state index contributed by atoms with van der Waals surface area (Å²) in [5.74, 6) is -6.65. The van der Waals surface area contributed by atoms with Crippen LogP contribution >= 0.6 is 0 Å². The maximum atomic E-state index is 13.9. The van der Waals surface area contributed by atoms with Crippen molar-refractivity contribution in [3.05, 3.63) is 60.2 Å². The van der Waals surface area contributed by atoms with Crippen LogP contribution in [0.1, 0.15) is 70.3 Å². The van der Waals surface area contributed by atoms with E-state index in [1.165, 1.54) is 0 Å². The van der Waals surface area contributed by atoms with Crippen molar-refractivity contribution in [2.75, 3.05) is 0 Å². The number of benzene rings is 2. The van der Waals surface area contributed by atoms with E-state index in [1.54, 1.807) is 24.3 Å². The molecular weight excluding hydrogens is 594 g/mol. The molecule has 5 atom stereocenters. The number of nitrogens with one attached hydrogen (secondary N) is 1. The first kappa shape index (κ1) is 33.0. The highest BCUT2D eigenvalue weighted by Gasteiger charge is 2.65. The Balaban J connectivity index is 1.32. The lowest BCUT2D eigenvalue weighted by Gasteiger charge is -2.51. The van der Waals surface area contributed by atoms with Gasteiger partial charge < -0.3 is 29.7 Å². The Morgan fingerprint density at radius 3 is 1.85 bits per heavy atom. The van der Waals surface area contributed by atoms with E-state index in [0.29, 0.717) is 43.6 Å². The van der Waals surface area contributed by atoms with Crippen LogP contribution in [0.2, 0.25) is 0 Å². The van der Waals surface area contributed by atoms with Gasteiger partial charge in [0, 0.05) is 18.4 Å². The molecule has 5 rings (SSSR count). The van der Waals surface area contributed by atoms with E-state index >= 15 is 0 Å². The fourth-order valence-electron chi connectivity index (χ4n) is 6.77. The van der Waals surface area contributed by atoms with E-state index < -0.39 is 59.2 Å². The Kier molecular flexibility index (Phi) is 10.3. The van der Waals surface area contributed by atoms with Gasteiger partial charge in [-0.2, -0.15) is 0 Å². The molecule has 5 unspecified atom stereocenters. The molecule has 3 aliphatic carbocycles. The maximum absolute atomic E-state index is 13.9. The SMILES string of the molecule is CCCC1(C(=O)NCc2ccc(Oc3ccccc3)cc2)CC(C(=O)OC(C(=O)O)C2CCC2)C1C(=O)OC(C(=O)O)C1CCC1. The Hall–Kier alpha value is -4.41. The average Bonchev–Trinajstić information content (AvgIpc) is 2.96. The number of esters is 2. The smallest absolute Gasteiger partial charge is 0.345 e. The van der Waals surface area contributed by atoms with Crippen molar-refractivity contribution in [2.24, 2.45) is 29.1 Å². The molecule has 0 heterocycles. The van der Waals surface area contributed by atoms with Crippen LogP contribution in [0.4, 0.5) is 0 Å². The van der Waals surface area contributed by atoms with Crippen molar-refractivity contribution in [2.45, 2.75) is 83.5 Å². The molecule has 0 aromatic heterocycles. The third kappa shape index (κ3) is 7.03. The zero-order valence-electron chi connectivity index (χ0n) is 25.9. The third-order valence-electron chi connectivity index (χ3n) is 9.77. The number of rotatable bonds is 15. The third-order valence-corrected chi connectivity index (χ3v) is 9.77. The fourth-order valence-corrected chi connectivity index (χ4v) is 6.77. The summed E-state index contributed by atoms with van der Waals surface area (Å²) in [4.78, 5) is 65.1. The van der Waals surface area contributed by atoms with Crippen LogP contribution in [0, 0.1) is 29.1 Å². The number of carboxylic acid groups (broad SMARTS) is 2. The maximum Gasteiger partial charge on any atom is 0.345 e. The first-order valence-corrected chi connectivity index (χ1v) is 16.1. The molecule has 11 nitrogen and oxygen atoms in total. The van der Waals surface area contributed by atoms with Gasteiger partial charge in [-0.25, -0.2) is 9.59 Å². The number of aliphatic carboxylic acids is 2. The highest BCUT2D eigenvalue weighted by Crippen LogP contribution is 2.56. The number of para-hydroxylation sites is 1. The summed E-state index contributed by atoms with van der Waals surface area (Å²) < 4.78 is 16.8. The lowest BCUT2D eigenvalue weighted by molar-refractivity contribution is -0.201. The second-order valence-corrected chi connectivity index (χ2v) is 12.7. The van der Waals surface area contributed by atoms with Gasteiger partial charge in [-0.1, -0.05) is 56.5 Å². The molecule has 0 saturated heterocycles. The van der Waals surface area contributed by atoms with Crippen LogP contribution in [-0.2, 0) is 40.0 Å². The van der Waals surface area contributed by atoms with Crippen molar-refractivity contribution < 1.29 is 48.4 Å². The summed E-state index contributed by atoms with van der Waals surface area (Å²) in [6.07, 6.45) is 2.03. The molecule has 11 heteroatoms. The van der Waals surface area contributed by atoms with Gasteiger partial charge in [0.2, 0.25) is 18.1 Å². The van der Waals surface area contributed by atoms with Crippen molar-refractivity contribution in [3.8, 4) is 11.5 Å². The minimum absolute atomic E-state index is 0.0483. The second kappa shape index (κ2) is 14.3. The van der Waals surface area contributed by atoms with E-state index in [9.17, 15) is 34.2 Å². The Morgan fingerprint density at radius 2 is 1.35 bits per heavy atom. The largest absolute Gasteiger partial charge is 0.478 e. The Morgan fingerprint density at radius 1 is 0.804 bits per heavy atom. The molecule has 0 aliphatic heterocycles. The minimum Gasteiger partial charge on any atom is -0.478 e. The van der Waals surface area contributed by atoms with E-state index in [2.05, 4.69) is 5.32 Å². The van der Waals surface area contributed by atoms with Gasteiger partial charge in [0.25, 0.3) is 0 Å². The molecule has 2 aromatic rings. The quantitative estimate of drug-likeness (QED) is 0.224. The fraction of sp³-hybridized carbons (Fsp3) is 0.514. The van der Waals surface area contributed by atoms with Gasteiger partial charge in [-0.15, -0.1) is 0 Å². The monoisotopic (exact) mass is 635 g/mol. The molecule has 246 valence electrons. The van der Waals surface area contributed by atoms with Crippen molar-refractivity contribution in [3.63, 3.8) is 0 Å². The normalized spacial score (nSPS) is 23.8. The van der Waals surface area contributed by atoms with Crippen LogP contribution < -0.4 is 10.1 Å². The number of carbonyl (C=O) groups is 5. The van der Waals surface area contributed by atoms with Gasteiger partial charge in [-0.05, 0) is 68.4 Å². The van der Waals surface area contributed by atoms with E-state index in [4.69, 9.17) is 14.2 Å². The first-order chi connectivity index (χ1) is 22.1. The van der Waals surface area contributed by atoms with Gasteiger partial charge in [0.15, 0.2) is 0 Å². The number of hydrogen-bond donors (Lipinski definition) is 3. The van der Waals surface area contributed by atoms with Gasteiger partial charge >= 0.3 is 23.9 Å². The summed E-state index contributed by atoms with van der Waals surface area (Å²) >= 11 is 0. The van der Waals surface area contributed by atoms with Crippen LogP contribution in [0.25, 0.3) is 0 Å². The molecule has 3 N–H and O–H groups in total. The first-order valence-electron chi connectivity index (χ1n) is 16.1. The molecule has 0 bridgehead atoms. The van der Waals surface area contributed by atoms with Crippen LogP contribution in [0.5, 0.6) is 11.5 Å². The van der Waals surface area contributed by atoms with Crippen LogP contribution in [0.3, 0.4) is 0 Å². The molecule has 3 aliphatic rings. The summed E-state index contributed by atoms with van der Waals surface area (Å²) in [6, 6.07) is 16.5. The zero-order chi connectivity index (χ0) is 32.8. The standard InChI is InChI=1S/C35H41NO10/c1-2-18-35(34(43)36-20-21-14-16-25(17-15-21)44-24-12-4-3-5-13-24)19-26(32(41)45-28(30(37)38)22-8-6-9-22)27(35)33(42)46-29(31(39)40)23-10-7-11-23/h3-5,12-17,22-23,26-29H,2,6-11,18-20H2,1H3,(H,36,43)(H,37,38)(H,39,40). The summed E-state index contributed by atoms with van der Waals surface area (Å²) in [5, 5.41) is 22.4. The van der Waals surface area contributed by atoms with Crippen molar-refractivity contribution >= 4 is 29.8 Å². The summed E-state index contributed by atoms with van der Waals surface area (Å²) in [7, 11) is 0. The molecule has 3 saturated carbocycles. The molecule has 46 heavy (non-hydrogen) atoms. The van der Waals surface area contributed by atoms with Crippen LogP contribution in [-0.4, -0.2) is 52.2 Å². The van der Waals surface area contributed by atoms with Gasteiger partial charge in [-0.3, -0.25) is 14.4 Å². The molecule has 1 amide bonds.